The van der Waals surface area contributed by atoms with Crippen molar-refractivity contribution in [2.24, 2.45) is 0 Å². The van der Waals surface area contributed by atoms with Gasteiger partial charge in [-0.15, -0.1) is 0 Å². The lowest BCUT2D eigenvalue weighted by molar-refractivity contribution is 0.930. The molecule has 3 nitrogen and oxygen atoms in total. The monoisotopic (exact) mass is 339 g/mol. The quantitative estimate of drug-likeness (QED) is 0.905. The lowest BCUT2D eigenvalue weighted by Crippen LogP contribution is -2.07. The van der Waals surface area contributed by atoms with E-state index >= 15 is 0 Å². The third-order valence-corrected chi connectivity index (χ3v) is 3.84. The van der Waals surface area contributed by atoms with Gasteiger partial charge in [-0.1, -0.05) is 23.7 Å². The van der Waals surface area contributed by atoms with Crippen LogP contribution in [0.3, 0.4) is 0 Å². The van der Waals surface area contributed by atoms with E-state index in [0.29, 0.717) is 6.42 Å². The topological polar surface area (TPSA) is 37.8 Å². The average Bonchev–Trinajstić information content (AvgIpc) is 2.35. The molecule has 1 aromatic carbocycles. The van der Waals surface area contributed by atoms with E-state index in [-0.39, 0.29) is 0 Å². The molecule has 0 unspecified atom stereocenters. The van der Waals surface area contributed by atoms with Crippen LogP contribution in [-0.4, -0.2) is 16.5 Å². The molecule has 100 valence electrons. The Morgan fingerprint density at radius 3 is 2.79 bits per heavy atom. The Morgan fingerprint density at radius 2 is 2.11 bits per heavy atom. The van der Waals surface area contributed by atoms with Crippen LogP contribution in [0.4, 0.5) is 5.82 Å². The Labute approximate surface area is 126 Å². The number of aryl methyl sites for hydroxylation is 1. The van der Waals surface area contributed by atoms with Gasteiger partial charge < -0.3 is 5.32 Å². The molecule has 0 spiro atoms. The van der Waals surface area contributed by atoms with Crippen molar-refractivity contribution in [3.05, 3.63) is 50.8 Å². The zero-order valence-electron chi connectivity index (χ0n) is 10.9. The molecule has 2 aromatic rings. The lowest BCUT2D eigenvalue weighted by atomic mass is 10.1. The van der Waals surface area contributed by atoms with E-state index in [1.54, 1.807) is 0 Å². The van der Waals surface area contributed by atoms with Gasteiger partial charge in [0, 0.05) is 18.0 Å². The summed E-state index contributed by atoms with van der Waals surface area (Å²) in [6.07, 6.45) is 0.674. The fourth-order valence-corrected chi connectivity index (χ4v) is 2.34. The van der Waals surface area contributed by atoms with Crippen LogP contribution >= 0.6 is 27.5 Å². The minimum absolute atomic E-state index is 0.674. The maximum atomic E-state index is 5.99. The minimum Gasteiger partial charge on any atom is -0.369 e. The summed E-state index contributed by atoms with van der Waals surface area (Å²) >= 11 is 9.49. The molecule has 5 heteroatoms. The standard InChI is InChI=1S/C14H15BrClN3/c1-3-17-14-13(15)9(2)18-12(19-14)8-10-5-4-6-11(16)7-10/h4-7H,3,8H2,1-2H3,(H,17,18,19). The fourth-order valence-electron chi connectivity index (χ4n) is 1.81. The van der Waals surface area contributed by atoms with E-state index in [1.807, 2.05) is 38.1 Å². The third-order valence-electron chi connectivity index (χ3n) is 2.66. The predicted octanol–water partition coefficient (Wildman–Crippen LogP) is 4.22. The molecule has 1 heterocycles. The molecule has 1 aromatic heterocycles. The summed E-state index contributed by atoms with van der Waals surface area (Å²) < 4.78 is 0.921. The van der Waals surface area contributed by atoms with Crippen molar-refractivity contribution in [3.8, 4) is 0 Å². The second-order valence-electron chi connectivity index (χ2n) is 4.22. The number of rotatable bonds is 4. The minimum atomic E-state index is 0.674. The van der Waals surface area contributed by atoms with Gasteiger partial charge >= 0.3 is 0 Å². The van der Waals surface area contributed by atoms with Crippen molar-refractivity contribution >= 4 is 33.3 Å². The fraction of sp³-hybridized carbons (Fsp3) is 0.286. The van der Waals surface area contributed by atoms with Crippen molar-refractivity contribution in [1.82, 2.24) is 9.97 Å². The molecule has 19 heavy (non-hydrogen) atoms. The Hall–Kier alpha value is -1.13. The van der Waals surface area contributed by atoms with Crippen LogP contribution in [0.15, 0.2) is 28.7 Å². The van der Waals surface area contributed by atoms with Crippen molar-refractivity contribution in [3.63, 3.8) is 0 Å². The second kappa shape index (κ2) is 6.35. The number of benzene rings is 1. The maximum Gasteiger partial charge on any atom is 0.144 e. The van der Waals surface area contributed by atoms with Crippen molar-refractivity contribution in [2.45, 2.75) is 20.3 Å². The van der Waals surface area contributed by atoms with Gasteiger partial charge in [-0.25, -0.2) is 9.97 Å². The molecule has 0 amide bonds. The molecular formula is C14H15BrClN3. The molecule has 0 saturated carbocycles. The number of halogens is 2. The number of hydrogen-bond donors (Lipinski definition) is 1. The van der Waals surface area contributed by atoms with E-state index in [9.17, 15) is 0 Å². The normalized spacial score (nSPS) is 10.5. The Balaban J connectivity index is 2.30. The molecule has 0 aliphatic rings. The molecule has 0 aliphatic heterocycles. The van der Waals surface area contributed by atoms with Gasteiger partial charge in [0.15, 0.2) is 0 Å². The molecule has 0 radical (unpaired) electrons. The summed E-state index contributed by atoms with van der Waals surface area (Å²) in [4.78, 5) is 9.04. The largest absolute Gasteiger partial charge is 0.369 e. The van der Waals surface area contributed by atoms with Crippen molar-refractivity contribution < 1.29 is 0 Å². The van der Waals surface area contributed by atoms with E-state index in [1.165, 1.54) is 0 Å². The molecule has 0 saturated heterocycles. The van der Waals surface area contributed by atoms with E-state index in [2.05, 4.69) is 31.2 Å². The molecule has 0 aliphatic carbocycles. The SMILES string of the molecule is CCNc1nc(Cc2cccc(Cl)c2)nc(C)c1Br. The highest BCUT2D eigenvalue weighted by Gasteiger charge is 2.09. The number of hydrogen-bond acceptors (Lipinski definition) is 3. The van der Waals surface area contributed by atoms with Crippen molar-refractivity contribution in [2.75, 3.05) is 11.9 Å². The molecule has 1 N–H and O–H groups in total. The third kappa shape index (κ3) is 3.67. The van der Waals surface area contributed by atoms with Crippen LogP contribution in [0.5, 0.6) is 0 Å². The number of anilines is 1. The van der Waals surface area contributed by atoms with Crippen LogP contribution in [0.2, 0.25) is 5.02 Å². The van der Waals surface area contributed by atoms with Crippen LogP contribution in [0, 0.1) is 6.92 Å². The van der Waals surface area contributed by atoms with Gasteiger partial charge in [0.05, 0.1) is 10.2 Å². The first-order chi connectivity index (χ1) is 9.10. The molecule has 0 fully saturated rings. The smallest absolute Gasteiger partial charge is 0.144 e. The summed E-state index contributed by atoms with van der Waals surface area (Å²) in [5.74, 6) is 1.63. The van der Waals surface area contributed by atoms with Crippen LogP contribution in [0.25, 0.3) is 0 Å². The van der Waals surface area contributed by atoms with Gasteiger partial charge in [0.25, 0.3) is 0 Å². The van der Waals surface area contributed by atoms with Gasteiger partial charge in [0.2, 0.25) is 0 Å². The predicted molar refractivity (Wildman–Crippen MR) is 82.9 cm³/mol. The van der Waals surface area contributed by atoms with E-state index < -0.39 is 0 Å². The highest BCUT2D eigenvalue weighted by atomic mass is 79.9. The molecule has 0 atom stereocenters. The summed E-state index contributed by atoms with van der Waals surface area (Å²) in [6, 6.07) is 7.77. The van der Waals surface area contributed by atoms with E-state index in [0.717, 1.165) is 38.9 Å². The van der Waals surface area contributed by atoms with Crippen molar-refractivity contribution in [1.29, 1.82) is 0 Å². The highest BCUT2D eigenvalue weighted by Crippen LogP contribution is 2.23. The maximum absolute atomic E-state index is 5.99. The van der Waals surface area contributed by atoms with Crippen LogP contribution < -0.4 is 5.32 Å². The Bertz CT molecular complexity index is 587. The van der Waals surface area contributed by atoms with Gasteiger partial charge in [-0.2, -0.15) is 0 Å². The second-order valence-corrected chi connectivity index (χ2v) is 5.45. The number of nitrogens with zero attached hydrogens (tertiary/aromatic N) is 2. The van der Waals surface area contributed by atoms with Gasteiger partial charge in [-0.05, 0) is 47.5 Å². The average molecular weight is 341 g/mol. The molecule has 0 bridgehead atoms. The first-order valence-electron chi connectivity index (χ1n) is 6.11. The Kier molecular flexibility index (Phi) is 4.77. The van der Waals surface area contributed by atoms with Crippen LogP contribution in [-0.2, 0) is 6.42 Å². The lowest BCUT2D eigenvalue weighted by Gasteiger charge is -2.10. The first-order valence-corrected chi connectivity index (χ1v) is 7.28. The number of nitrogens with one attached hydrogen (secondary N) is 1. The van der Waals surface area contributed by atoms with E-state index in [4.69, 9.17) is 11.6 Å². The zero-order valence-corrected chi connectivity index (χ0v) is 13.2. The van der Waals surface area contributed by atoms with Gasteiger partial charge in [0.1, 0.15) is 11.6 Å². The van der Waals surface area contributed by atoms with Crippen LogP contribution in [0.1, 0.15) is 24.0 Å². The summed E-state index contributed by atoms with van der Waals surface area (Å²) in [7, 11) is 0. The zero-order chi connectivity index (χ0) is 13.8. The van der Waals surface area contributed by atoms with Gasteiger partial charge in [-0.3, -0.25) is 0 Å². The first kappa shape index (κ1) is 14.3. The summed E-state index contributed by atoms with van der Waals surface area (Å²) in [5.41, 5.74) is 2.04. The highest BCUT2D eigenvalue weighted by molar-refractivity contribution is 9.10. The summed E-state index contributed by atoms with van der Waals surface area (Å²) in [6.45, 7) is 4.83. The Morgan fingerprint density at radius 1 is 1.32 bits per heavy atom. The summed E-state index contributed by atoms with van der Waals surface area (Å²) in [5, 5.41) is 3.96. The molecule has 2 rings (SSSR count). The molecular weight excluding hydrogens is 326 g/mol. The number of aromatic nitrogens is 2.